The molecule has 7 nitrogen and oxygen atoms in total. The van der Waals surface area contributed by atoms with E-state index in [2.05, 4.69) is 32.4 Å². The highest BCUT2D eigenvalue weighted by Gasteiger charge is 2.14. The smallest absolute Gasteiger partial charge is 0.213 e. The first kappa shape index (κ1) is 24.7. The predicted octanol–water partition coefficient (Wildman–Crippen LogP) is 2.39. The Balaban J connectivity index is 0.00000204. The summed E-state index contributed by atoms with van der Waals surface area (Å²) in [6, 6.07) is 3.58. The Kier molecular flexibility index (Phi) is 11.8. The Morgan fingerprint density at radius 3 is 2.69 bits per heavy atom. The number of fused-ring (bicyclic) bond motifs is 1. The van der Waals surface area contributed by atoms with E-state index >= 15 is 0 Å². The number of carbonyl (C=O) groups excluding carboxylic acids is 1. The standard InChI is InChI=1S/C19H28FN5O2.C2H6/c1-4-25(9-7-14(11-21-2)23-13-26)10-8-15-16(20)12-22-17-5-6-18(27-3)24-19(15)17;1-2/h5-6,12-14,21H,4,7-11H2,1-3H3,(H,23,26);1-2H3. The molecule has 1 atom stereocenters. The minimum absolute atomic E-state index is 0.0750. The average Bonchev–Trinajstić information content (AvgIpc) is 2.76. The number of hydrogen-bond donors (Lipinski definition) is 2. The summed E-state index contributed by atoms with van der Waals surface area (Å²) in [7, 11) is 3.39. The molecule has 2 aromatic heterocycles. The lowest BCUT2D eigenvalue weighted by atomic mass is 10.1. The van der Waals surface area contributed by atoms with Crippen molar-refractivity contribution in [1.29, 1.82) is 0 Å². The van der Waals surface area contributed by atoms with Crippen LogP contribution in [0.2, 0.25) is 0 Å². The number of hydrogen-bond acceptors (Lipinski definition) is 6. The second kappa shape index (κ2) is 13.8. The number of amides is 1. The van der Waals surface area contributed by atoms with Crippen molar-refractivity contribution in [3.63, 3.8) is 0 Å². The second-order valence-electron chi connectivity index (χ2n) is 6.32. The molecule has 1 unspecified atom stereocenters. The van der Waals surface area contributed by atoms with E-state index in [0.29, 0.717) is 42.0 Å². The molecular weight excluding hydrogens is 373 g/mol. The Morgan fingerprint density at radius 1 is 1.31 bits per heavy atom. The number of likely N-dealkylation sites (N-methyl/N-ethyl adjacent to an activating group) is 2. The molecule has 0 aliphatic carbocycles. The summed E-state index contributed by atoms with van der Waals surface area (Å²) in [5, 5.41) is 5.89. The SMILES string of the molecule is CC.CCN(CCc1c(F)cnc2ccc(OC)nc12)CCC(CNC)NC=O. The second-order valence-corrected chi connectivity index (χ2v) is 6.32. The lowest BCUT2D eigenvalue weighted by Crippen LogP contribution is -2.40. The van der Waals surface area contributed by atoms with E-state index in [1.54, 1.807) is 12.1 Å². The van der Waals surface area contributed by atoms with Crippen molar-refractivity contribution >= 4 is 17.4 Å². The average molecular weight is 408 g/mol. The third kappa shape index (κ3) is 7.55. The molecule has 0 aliphatic heterocycles. The molecular formula is C21H34FN5O2. The monoisotopic (exact) mass is 407 g/mol. The zero-order valence-corrected chi connectivity index (χ0v) is 18.2. The van der Waals surface area contributed by atoms with E-state index in [-0.39, 0.29) is 11.9 Å². The third-order valence-corrected chi connectivity index (χ3v) is 4.62. The van der Waals surface area contributed by atoms with Crippen molar-refractivity contribution in [3.8, 4) is 5.88 Å². The quantitative estimate of drug-likeness (QED) is 0.526. The van der Waals surface area contributed by atoms with Crippen molar-refractivity contribution in [2.75, 3.05) is 40.3 Å². The van der Waals surface area contributed by atoms with Crippen LogP contribution in [0.5, 0.6) is 5.88 Å². The van der Waals surface area contributed by atoms with Crippen LogP contribution in [0.4, 0.5) is 4.39 Å². The van der Waals surface area contributed by atoms with Gasteiger partial charge in [0.1, 0.15) is 5.82 Å². The highest BCUT2D eigenvalue weighted by Crippen LogP contribution is 2.21. The van der Waals surface area contributed by atoms with Crippen LogP contribution in [0, 0.1) is 5.82 Å². The predicted molar refractivity (Wildman–Crippen MR) is 115 cm³/mol. The third-order valence-electron chi connectivity index (χ3n) is 4.62. The fourth-order valence-electron chi connectivity index (χ4n) is 3.05. The van der Waals surface area contributed by atoms with Crippen LogP contribution in [0.1, 0.15) is 32.8 Å². The molecule has 2 heterocycles. The lowest BCUT2D eigenvalue weighted by molar-refractivity contribution is -0.110. The van der Waals surface area contributed by atoms with Crippen molar-refractivity contribution in [3.05, 3.63) is 29.7 Å². The molecule has 0 radical (unpaired) electrons. The molecule has 8 heteroatoms. The maximum atomic E-state index is 14.4. The van der Waals surface area contributed by atoms with Gasteiger partial charge in [-0.05, 0) is 32.5 Å². The van der Waals surface area contributed by atoms with Crippen LogP contribution in [0.15, 0.2) is 18.3 Å². The first-order chi connectivity index (χ1) is 14.1. The fourth-order valence-corrected chi connectivity index (χ4v) is 3.05. The molecule has 2 aromatic rings. The Hall–Kier alpha value is -2.32. The summed E-state index contributed by atoms with van der Waals surface area (Å²) in [5.41, 5.74) is 1.75. The zero-order valence-electron chi connectivity index (χ0n) is 18.2. The van der Waals surface area contributed by atoms with Gasteiger partial charge in [0.05, 0.1) is 24.3 Å². The van der Waals surface area contributed by atoms with Gasteiger partial charge in [-0.2, -0.15) is 0 Å². The summed E-state index contributed by atoms with van der Waals surface area (Å²) >= 11 is 0. The molecule has 0 aliphatic rings. The van der Waals surface area contributed by atoms with Gasteiger partial charge in [-0.15, -0.1) is 0 Å². The Morgan fingerprint density at radius 2 is 2.07 bits per heavy atom. The molecule has 0 spiro atoms. The number of nitrogens with zero attached hydrogens (tertiary/aromatic N) is 3. The molecule has 162 valence electrons. The van der Waals surface area contributed by atoms with Gasteiger partial charge in [0.2, 0.25) is 12.3 Å². The summed E-state index contributed by atoms with van der Waals surface area (Å²) in [5.74, 6) is 0.0910. The topological polar surface area (TPSA) is 79.4 Å². The molecule has 0 fully saturated rings. The van der Waals surface area contributed by atoms with Crippen LogP contribution in [-0.4, -0.2) is 67.7 Å². The molecule has 0 aromatic carbocycles. The zero-order chi connectivity index (χ0) is 21.6. The summed E-state index contributed by atoms with van der Waals surface area (Å²) in [6.45, 7) is 9.13. The molecule has 2 N–H and O–H groups in total. The van der Waals surface area contributed by atoms with Gasteiger partial charge in [-0.25, -0.2) is 9.37 Å². The largest absolute Gasteiger partial charge is 0.481 e. The summed E-state index contributed by atoms with van der Waals surface area (Å²) in [6.07, 6.45) is 3.32. The lowest BCUT2D eigenvalue weighted by Gasteiger charge is -2.24. The van der Waals surface area contributed by atoms with Crippen molar-refractivity contribution in [1.82, 2.24) is 25.5 Å². The summed E-state index contributed by atoms with van der Waals surface area (Å²) in [4.78, 5) is 21.4. The van der Waals surface area contributed by atoms with Crippen molar-refractivity contribution in [2.45, 2.75) is 39.7 Å². The number of rotatable bonds is 12. The molecule has 0 saturated heterocycles. The number of ether oxygens (including phenoxy) is 1. The maximum absolute atomic E-state index is 14.4. The van der Waals surface area contributed by atoms with Gasteiger partial charge in [0.25, 0.3) is 0 Å². The first-order valence-corrected chi connectivity index (χ1v) is 10.2. The minimum atomic E-state index is -0.352. The van der Waals surface area contributed by atoms with Gasteiger partial charge in [-0.1, -0.05) is 20.8 Å². The van der Waals surface area contributed by atoms with E-state index in [4.69, 9.17) is 4.74 Å². The van der Waals surface area contributed by atoms with Gasteiger partial charge in [0, 0.05) is 37.3 Å². The number of aromatic nitrogens is 2. The Bertz CT molecular complexity index is 744. The number of nitrogens with one attached hydrogen (secondary N) is 2. The van der Waals surface area contributed by atoms with E-state index in [9.17, 15) is 9.18 Å². The number of halogens is 1. The fraction of sp³-hybridized carbons (Fsp3) is 0.571. The number of pyridine rings is 2. The number of methoxy groups -OCH3 is 1. The molecule has 1 amide bonds. The normalized spacial score (nSPS) is 11.7. The van der Waals surface area contributed by atoms with Crippen molar-refractivity contribution < 1.29 is 13.9 Å². The van der Waals surface area contributed by atoms with Crippen LogP contribution < -0.4 is 15.4 Å². The van der Waals surface area contributed by atoms with Gasteiger partial charge >= 0.3 is 0 Å². The van der Waals surface area contributed by atoms with E-state index < -0.39 is 0 Å². The van der Waals surface area contributed by atoms with Crippen LogP contribution >= 0.6 is 0 Å². The minimum Gasteiger partial charge on any atom is -0.481 e. The highest BCUT2D eigenvalue weighted by molar-refractivity contribution is 5.78. The van der Waals surface area contributed by atoms with E-state index in [1.165, 1.54) is 13.3 Å². The van der Waals surface area contributed by atoms with E-state index in [0.717, 1.165) is 25.9 Å². The van der Waals surface area contributed by atoms with Gasteiger partial charge < -0.3 is 20.3 Å². The van der Waals surface area contributed by atoms with Crippen LogP contribution in [0.25, 0.3) is 11.0 Å². The molecule has 0 bridgehead atoms. The molecule has 2 rings (SSSR count). The molecule has 0 saturated carbocycles. The number of carbonyl (C=O) groups is 1. The van der Waals surface area contributed by atoms with E-state index in [1.807, 2.05) is 20.9 Å². The first-order valence-electron chi connectivity index (χ1n) is 10.2. The van der Waals surface area contributed by atoms with Gasteiger partial charge in [-0.3, -0.25) is 9.78 Å². The van der Waals surface area contributed by atoms with Gasteiger partial charge in [0.15, 0.2) is 0 Å². The van der Waals surface area contributed by atoms with Crippen LogP contribution in [0.3, 0.4) is 0 Å². The highest BCUT2D eigenvalue weighted by atomic mass is 19.1. The van der Waals surface area contributed by atoms with Crippen molar-refractivity contribution in [2.24, 2.45) is 0 Å². The Labute approximate surface area is 173 Å². The van der Waals surface area contributed by atoms with Crippen LogP contribution in [-0.2, 0) is 11.2 Å². The molecule has 29 heavy (non-hydrogen) atoms. The summed E-state index contributed by atoms with van der Waals surface area (Å²) < 4.78 is 19.6. The maximum Gasteiger partial charge on any atom is 0.213 e.